The van der Waals surface area contributed by atoms with Crippen molar-refractivity contribution < 1.29 is 22.1 Å². The van der Waals surface area contributed by atoms with Crippen LogP contribution in [0, 0.1) is 21.7 Å². The molecular formula is C14H12F2N2O4S. The van der Waals surface area contributed by atoms with Crippen LogP contribution in [0.1, 0.15) is 18.5 Å². The van der Waals surface area contributed by atoms with Gasteiger partial charge in [-0.3, -0.25) is 10.1 Å². The van der Waals surface area contributed by atoms with Crippen LogP contribution in [-0.2, 0) is 10.0 Å². The van der Waals surface area contributed by atoms with Gasteiger partial charge in [0.15, 0.2) is 0 Å². The fraction of sp³-hybridized carbons (Fsp3) is 0.143. The Balaban J connectivity index is 2.24. The highest BCUT2D eigenvalue weighted by Gasteiger charge is 2.21. The van der Waals surface area contributed by atoms with Crippen LogP contribution in [0.4, 0.5) is 14.5 Å². The molecule has 0 unspecified atom stereocenters. The van der Waals surface area contributed by atoms with Crippen LogP contribution in [0.15, 0.2) is 47.4 Å². The van der Waals surface area contributed by atoms with Crippen molar-refractivity contribution in [3.63, 3.8) is 0 Å². The highest BCUT2D eigenvalue weighted by molar-refractivity contribution is 7.89. The van der Waals surface area contributed by atoms with E-state index in [0.717, 1.165) is 36.4 Å². The summed E-state index contributed by atoms with van der Waals surface area (Å²) in [7, 11) is -4.01. The second-order valence-electron chi connectivity index (χ2n) is 4.76. The molecule has 0 spiro atoms. The molecule has 0 amide bonds. The van der Waals surface area contributed by atoms with Crippen LogP contribution >= 0.6 is 0 Å². The molecule has 23 heavy (non-hydrogen) atoms. The van der Waals surface area contributed by atoms with Crippen LogP contribution in [0.25, 0.3) is 0 Å². The fourth-order valence-corrected chi connectivity index (χ4v) is 3.19. The quantitative estimate of drug-likeness (QED) is 0.668. The molecule has 0 aliphatic heterocycles. The summed E-state index contributed by atoms with van der Waals surface area (Å²) in [6, 6.07) is 6.14. The number of rotatable bonds is 5. The monoisotopic (exact) mass is 342 g/mol. The first-order valence-electron chi connectivity index (χ1n) is 6.42. The molecule has 0 saturated carbocycles. The van der Waals surface area contributed by atoms with Gasteiger partial charge in [0, 0.05) is 29.8 Å². The van der Waals surface area contributed by atoms with Crippen molar-refractivity contribution in [2.75, 3.05) is 0 Å². The fourth-order valence-electron chi connectivity index (χ4n) is 1.96. The van der Waals surface area contributed by atoms with E-state index in [9.17, 15) is 27.3 Å². The minimum absolute atomic E-state index is 0.0168. The predicted molar refractivity (Wildman–Crippen MR) is 78.2 cm³/mol. The molecule has 2 aromatic rings. The lowest BCUT2D eigenvalue weighted by Gasteiger charge is -2.15. The average Bonchev–Trinajstić information content (AvgIpc) is 2.46. The number of sulfonamides is 1. The lowest BCUT2D eigenvalue weighted by molar-refractivity contribution is -0.384. The zero-order chi connectivity index (χ0) is 17.2. The van der Waals surface area contributed by atoms with Gasteiger partial charge in [0.1, 0.15) is 11.6 Å². The number of nitro groups is 1. The number of hydrogen-bond acceptors (Lipinski definition) is 4. The van der Waals surface area contributed by atoms with Gasteiger partial charge in [0.05, 0.1) is 9.82 Å². The van der Waals surface area contributed by atoms with Crippen LogP contribution in [0.2, 0.25) is 0 Å². The van der Waals surface area contributed by atoms with E-state index in [4.69, 9.17) is 0 Å². The molecule has 0 aliphatic carbocycles. The van der Waals surface area contributed by atoms with Crippen molar-refractivity contribution >= 4 is 15.7 Å². The van der Waals surface area contributed by atoms with Crippen molar-refractivity contribution in [2.24, 2.45) is 0 Å². The summed E-state index contributed by atoms with van der Waals surface area (Å²) in [4.78, 5) is 9.71. The van der Waals surface area contributed by atoms with Gasteiger partial charge in [-0.15, -0.1) is 0 Å². The third-order valence-electron chi connectivity index (χ3n) is 3.12. The zero-order valence-electron chi connectivity index (χ0n) is 11.9. The largest absolute Gasteiger partial charge is 0.269 e. The van der Waals surface area contributed by atoms with Crippen LogP contribution < -0.4 is 4.72 Å². The molecule has 0 aromatic heterocycles. The third kappa shape index (κ3) is 3.88. The standard InChI is InChI=1S/C14H12F2N2O4S/c1-9(13-7-2-10(15)8-14(13)16)17-23(21,22)12-5-3-11(4-6-12)18(19)20/h2-9,17H,1H3/t9-/m0/s1. The lowest BCUT2D eigenvalue weighted by Crippen LogP contribution is -2.27. The van der Waals surface area contributed by atoms with E-state index in [1.54, 1.807) is 0 Å². The number of hydrogen-bond donors (Lipinski definition) is 1. The minimum atomic E-state index is -4.01. The molecule has 2 aromatic carbocycles. The topological polar surface area (TPSA) is 89.3 Å². The third-order valence-corrected chi connectivity index (χ3v) is 4.68. The SMILES string of the molecule is C[C@H](NS(=O)(=O)c1ccc([N+](=O)[O-])cc1)c1ccc(F)cc1F. The summed E-state index contributed by atoms with van der Waals surface area (Å²) >= 11 is 0. The van der Waals surface area contributed by atoms with Crippen molar-refractivity contribution in [2.45, 2.75) is 17.9 Å². The predicted octanol–water partition coefficient (Wildman–Crippen LogP) is 2.91. The van der Waals surface area contributed by atoms with Crippen molar-refractivity contribution in [1.29, 1.82) is 0 Å². The number of nitrogens with one attached hydrogen (secondary N) is 1. The molecule has 9 heteroatoms. The van der Waals surface area contributed by atoms with Gasteiger partial charge >= 0.3 is 0 Å². The maximum atomic E-state index is 13.7. The van der Waals surface area contributed by atoms with E-state index < -0.39 is 32.6 Å². The van der Waals surface area contributed by atoms with E-state index in [2.05, 4.69) is 4.72 Å². The first-order valence-corrected chi connectivity index (χ1v) is 7.91. The van der Waals surface area contributed by atoms with Crippen molar-refractivity contribution in [1.82, 2.24) is 4.72 Å². The van der Waals surface area contributed by atoms with Crippen LogP contribution in [-0.4, -0.2) is 13.3 Å². The van der Waals surface area contributed by atoms with E-state index in [0.29, 0.717) is 6.07 Å². The van der Waals surface area contributed by atoms with E-state index in [-0.39, 0.29) is 16.1 Å². The molecule has 1 atom stereocenters. The Hall–Kier alpha value is -2.39. The number of benzene rings is 2. The molecule has 0 saturated heterocycles. The zero-order valence-corrected chi connectivity index (χ0v) is 12.7. The van der Waals surface area contributed by atoms with E-state index >= 15 is 0 Å². The minimum Gasteiger partial charge on any atom is -0.258 e. The molecule has 0 fully saturated rings. The molecular weight excluding hydrogens is 330 g/mol. The Morgan fingerprint density at radius 1 is 1.13 bits per heavy atom. The number of non-ortho nitro benzene ring substituents is 1. The molecule has 0 heterocycles. The number of nitrogens with zero attached hydrogens (tertiary/aromatic N) is 1. The molecule has 122 valence electrons. The molecule has 0 bridgehead atoms. The Labute approximate surface area is 131 Å². The molecule has 6 nitrogen and oxygen atoms in total. The summed E-state index contributed by atoms with van der Waals surface area (Å²) in [5, 5.41) is 10.6. The summed E-state index contributed by atoms with van der Waals surface area (Å²) in [5.74, 6) is -1.64. The van der Waals surface area contributed by atoms with Gasteiger partial charge in [-0.1, -0.05) is 6.07 Å². The highest BCUT2D eigenvalue weighted by atomic mass is 32.2. The van der Waals surface area contributed by atoms with Gasteiger partial charge in [0.2, 0.25) is 10.0 Å². The Morgan fingerprint density at radius 2 is 1.74 bits per heavy atom. The Bertz CT molecular complexity index is 838. The van der Waals surface area contributed by atoms with Gasteiger partial charge < -0.3 is 0 Å². The van der Waals surface area contributed by atoms with Gasteiger partial charge in [-0.05, 0) is 25.1 Å². The second-order valence-corrected chi connectivity index (χ2v) is 6.47. The summed E-state index contributed by atoms with van der Waals surface area (Å²) < 4.78 is 53.2. The van der Waals surface area contributed by atoms with Gasteiger partial charge in [0.25, 0.3) is 5.69 Å². The molecule has 0 radical (unpaired) electrons. The second kappa shape index (κ2) is 6.39. The highest BCUT2D eigenvalue weighted by Crippen LogP contribution is 2.21. The Kier molecular flexibility index (Phi) is 4.71. The smallest absolute Gasteiger partial charge is 0.258 e. The summed E-state index contributed by atoms with van der Waals surface area (Å²) in [6.07, 6.45) is 0. The normalized spacial score (nSPS) is 12.8. The van der Waals surface area contributed by atoms with Crippen LogP contribution in [0.3, 0.4) is 0 Å². The molecule has 2 rings (SSSR count). The average molecular weight is 342 g/mol. The number of halogens is 2. The Morgan fingerprint density at radius 3 is 2.26 bits per heavy atom. The van der Waals surface area contributed by atoms with Crippen molar-refractivity contribution in [3.8, 4) is 0 Å². The molecule has 0 aliphatic rings. The maximum Gasteiger partial charge on any atom is 0.269 e. The van der Waals surface area contributed by atoms with E-state index in [1.165, 1.54) is 6.92 Å². The van der Waals surface area contributed by atoms with E-state index in [1.807, 2.05) is 0 Å². The maximum absolute atomic E-state index is 13.7. The summed E-state index contributed by atoms with van der Waals surface area (Å²) in [6.45, 7) is 1.40. The lowest BCUT2D eigenvalue weighted by atomic mass is 10.1. The first kappa shape index (κ1) is 17.0. The number of nitro benzene ring substituents is 1. The van der Waals surface area contributed by atoms with Gasteiger partial charge in [-0.25, -0.2) is 21.9 Å². The first-order chi connectivity index (χ1) is 10.7. The summed E-state index contributed by atoms with van der Waals surface area (Å²) in [5.41, 5.74) is -0.265. The van der Waals surface area contributed by atoms with Gasteiger partial charge in [-0.2, -0.15) is 0 Å². The van der Waals surface area contributed by atoms with Crippen LogP contribution in [0.5, 0.6) is 0 Å². The van der Waals surface area contributed by atoms with Crippen molar-refractivity contribution in [3.05, 3.63) is 69.8 Å². The molecule has 1 N–H and O–H groups in total.